The topological polar surface area (TPSA) is 84.2 Å². The molecule has 7 heteroatoms. The minimum absolute atomic E-state index is 0.0651. The van der Waals surface area contributed by atoms with E-state index in [0.29, 0.717) is 39.7 Å². The van der Waals surface area contributed by atoms with Crippen molar-refractivity contribution >= 4 is 16.9 Å². The highest BCUT2D eigenvalue weighted by Gasteiger charge is 2.34. The molecule has 3 aromatic rings. The van der Waals surface area contributed by atoms with Gasteiger partial charge >= 0.3 is 11.6 Å². The number of hydrogen-bond donors (Lipinski definition) is 0. The van der Waals surface area contributed by atoms with Gasteiger partial charge in [-0.3, -0.25) is 4.79 Å². The van der Waals surface area contributed by atoms with Crippen LogP contribution >= 0.6 is 0 Å². The number of methoxy groups -OCH3 is 3. The number of fused-ring (bicyclic) bond motifs is 3. The van der Waals surface area contributed by atoms with E-state index in [9.17, 15) is 9.59 Å². The van der Waals surface area contributed by atoms with Crippen LogP contribution < -0.4 is 24.6 Å². The summed E-state index contributed by atoms with van der Waals surface area (Å²) in [5.74, 6) is 1.07. The fourth-order valence-electron chi connectivity index (χ4n) is 3.83. The van der Waals surface area contributed by atoms with E-state index >= 15 is 0 Å². The minimum atomic E-state index is -0.460. The average molecular weight is 396 g/mol. The number of carbonyl (C=O) groups excluding carboxylic acids is 1. The van der Waals surface area contributed by atoms with E-state index in [4.69, 9.17) is 23.4 Å². The largest absolute Gasteiger partial charge is 0.496 e. The van der Waals surface area contributed by atoms with E-state index in [0.717, 1.165) is 10.9 Å². The molecule has 0 radical (unpaired) electrons. The zero-order valence-electron chi connectivity index (χ0n) is 16.5. The van der Waals surface area contributed by atoms with Crippen molar-refractivity contribution < 1.29 is 28.2 Å². The SMILES string of the molecule is COc1cc(OC)c(C2CC(=O)Oc3ccc4c(C)cc(=O)oc4c32)cc1OC. The van der Waals surface area contributed by atoms with E-state index in [1.54, 1.807) is 31.4 Å². The van der Waals surface area contributed by atoms with Crippen molar-refractivity contribution in [2.45, 2.75) is 19.3 Å². The van der Waals surface area contributed by atoms with Crippen molar-refractivity contribution in [3.8, 4) is 23.0 Å². The lowest BCUT2D eigenvalue weighted by Crippen LogP contribution is -2.22. The molecule has 2 aromatic carbocycles. The summed E-state index contributed by atoms with van der Waals surface area (Å²) in [4.78, 5) is 24.4. The second kappa shape index (κ2) is 7.16. The molecule has 1 aromatic heterocycles. The van der Waals surface area contributed by atoms with Crippen molar-refractivity contribution in [3.05, 3.63) is 57.4 Å². The van der Waals surface area contributed by atoms with Crippen LogP contribution in [0.3, 0.4) is 0 Å². The monoisotopic (exact) mass is 396 g/mol. The maximum atomic E-state index is 12.3. The standard InChI is InChI=1S/C22H20O7/c1-11-7-19(23)29-22-12(11)5-6-15-21(22)14(9-20(24)28-15)13-8-17(26-3)18(27-4)10-16(13)25-2/h5-8,10,14H,9H2,1-4H3. The van der Waals surface area contributed by atoms with Crippen LogP contribution in [0, 0.1) is 6.92 Å². The molecule has 0 fully saturated rings. The average Bonchev–Trinajstić information content (AvgIpc) is 2.71. The van der Waals surface area contributed by atoms with Crippen molar-refractivity contribution in [1.82, 2.24) is 0 Å². The molecule has 2 heterocycles. The van der Waals surface area contributed by atoms with Gasteiger partial charge in [-0.05, 0) is 30.7 Å². The molecule has 7 nitrogen and oxygen atoms in total. The van der Waals surface area contributed by atoms with Gasteiger partial charge in [0.1, 0.15) is 17.1 Å². The first-order valence-corrected chi connectivity index (χ1v) is 9.04. The zero-order valence-corrected chi connectivity index (χ0v) is 16.5. The number of hydrogen-bond acceptors (Lipinski definition) is 7. The van der Waals surface area contributed by atoms with E-state index in [2.05, 4.69) is 0 Å². The van der Waals surface area contributed by atoms with Gasteiger partial charge in [0.2, 0.25) is 0 Å². The molecule has 0 amide bonds. The van der Waals surface area contributed by atoms with E-state index in [1.165, 1.54) is 20.3 Å². The van der Waals surface area contributed by atoms with Gasteiger partial charge in [0.25, 0.3) is 0 Å². The van der Waals surface area contributed by atoms with Crippen LogP contribution in [-0.2, 0) is 4.79 Å². The lowest BCUT2D eigenvalue weighted by atomic mass is 9.84. The second-order valence-electron chi connectivity index (χ2n) is 6.78. The van der Waals surface area contributed by atoms with Gasteiger partial charge in [-0.2, -0.15) is 0 Å². The Bertz CT molecular complexity index is 1180. The van der Waals surface area contributed by atoms with Gasteiger partial charge in [0.15, 0.2) is 11.5 Å². The van der Waals surface area contributed by atoms with Crippen LogP contribution in [0.25, 0.3) is 11.0 Å². The van der Waals surface area contributed by atoms with Gasteiger partial charge in [-0.1, -0.05) is 0 Å². The number of esters is 1. The Balaban J connectivity index is 2.04. The molecule has 0 saturated carbocycles. The summed E-state index contributed by atoms with van der Waals surface area (Å²) in [5.41, 5.74) is 2.07. The fraction of sp³-hybridized carbons (Fsp3) is 0.273. The summed E-state index contributed by atoms with van der Waals surface area (Å²) >= 11 is 0. The van der Waals surface area contributed by atoms with Crippen LogP contribution in [0.5, 0.6) is 23.0 Å². The number of carbonyl (C=O) groups is 1. The summed E-state index contributed by atoms with van der Waals surface area (Å²) in [7, 11) is 4.62. The van der Waals surface area contributed by atoms with Crippen molar-refractivity contribution in [3.63, 3.8) is 0 Å². The Morgan fingerprint density at radius 2 is 1.62 bits per heavy atom. The third-order valence-electron chi connectivity index (χ3n) is 5.17. The Kier molecular flexibility index (Phi) is 4.66. The maximum absolute atomic E-state index is 12.3. The van der Waals surface area contributed by atoms with Crippen LogP contribution in [0.1, 0.15) is 29.0 Å². The molecular weight excluding hydrogens is 376 g/mol. The van der Waals surface area contributed by atoms with Crippen LogP contribution in [-0.4, -0.2) is 27.3 Å². The van der Waals surface area contributed by atoms with Crippen LogP contribution in [0.4, 0.5) is 0 Å². The number of aryl methyl sites for hydroxylation is 1. The van der Waals surface area contributed by atoms with E-state index in [1.807, 2.05) is 6.92 Å². The van der Waals surface area contributed by atoms with Gasteiger partial charge in [-0.25, -0.2) is 4.79 Å². The van der Waals surface area contributed by atoms with Crippen molar-refractivity contribution in [2.24, 2.45) is 0 Å². The fourth-order valence-corrected chi connectivity index (χ4v) is 3.83. The van der Waals surface area contributed by atoms with E-state index in [-0.39, 0.29) is 12.4 Å². The predicted molar refractivity (Wildman–Crippen MR) is 105 cm³/mol. The van der Waals surface area contributed by atoms with Gasteiger partial charge < -0.3 is 23.4 Å². The third-order valence-corrected chi connectivity index (χ3v) is 5.17. The summed E-state index contributed by atoms with van der Waals surface area (Å²) in [6, 6.07) is 8.43. The molecule has 0 saturated heterocycles. The highest BCUT2D eigenvalue weighted by atomic mass is 16.5. The lowest BCUT2D eigenvalue weighted by molar-refractivity contribution is -0.135. The van der Waals surface area contributed by atoms with E-state index < -0.39 is 11.5 Å². The molecule has 0 aliphatic carbocycles. The molecule has 1 aliphatic heterocycles. The molecule has 1 atom stereocenters. The Morgan fingerprint density at radius 3 is 2.31 bits per heavy atom. The number of ether oxygens (including phenoxy) is 4. The molecule has 1 aliphatic rings. The summed E-state index contributed by atoms with van der Waals surface area (Å²) in [5, 5.41) is 0.783. The molecule has 0 bridgehead atoms. The summed E-state index contributed by atoms with van der Waals surface area (Å²) in [6.07, 6.45) is 0.0651. The van der Waals surface area contributed by atoms with Gasteiger partial charge in [0.05, 0.1) is 27.8 Å². The molecule has 1 unspecified atom stereocenters. The maximum Gasteiger partial charge on any atom is 0.336 e. The highest BCUT2D eigenvalue weighted by molar-refractivity contribution is 5.90. The highest BCUT2D eigenvalue weighted by Crippen LogP contribution is 2.48. The van der Waals surface area contributed by atoms with Gasteiger partial charge in [-0.15, -0.1) is 0 Å². The number of rotatable bonds is 4. The molecular formula is C22H20O7. The predicted octanol–water partition coefficient (Wildman–Crippen LogP) is 3.57. The lowest BCUT2D eigenvalue weighted by Gasteiger charge is -2.27. The van der Waals surface area contributed by atoms with Gasteiger partial charge in [0, 0.05) is 34.6 Å². The third kappa shape index (κ3) is 3.08. The Labute approximate surface area is 166 Å². The minimum Gasteiger partial charge on any atom is -0.496 e. The van der Waals surface area contributed by atoms with Crippen molar-refractivity contribution in [1.29, 1.82) is 0 Å². The second-order valence-corrected chi connectivity index (χ2v) is 6.78. The zero-order chi connectivity index (χ0) is 20.7. The Hall–Kier alpha value is -3.48. The molecule has 29 heavy (non-hydrogen) atoms. The quantitative estimate of drug-likeness (QED) is 0.379. The molecule has 4 rings (SSSR count). The van der Waals surface area contributed by atoms with Crippen LogP contribution in [0.15, 0.2) is 39.5 Å². The van der Waals surface area contributed by atoms with Crippen LogP contribution in [0.2, 0.25) is 0 Å². The van der Waals surface area contributed by atoms with Crippen molar-refractivity contribution in [2.75, 3.05) is 21.3 Å². The molecule has 0 spiro atoms. The first-order valence-electron chi connectivity index (χ1n) is 9.04. The normalized spacial score (nSPS) is 15.6. The number of benzene rings is 2. The Morgan fingerprint density at radius 1 is 0.931 bits per heavy atom. The first kappa shape index (κ1) is 18.9. The smallest absolute Gasteiger partial charge is 0.336 e. The summed E-state index contributed by atoms with van der Waals surface area (Å²) in [6.45, 7) is 1.84. The molecule has 150 valence electrons. The first-order chi connectivity index (χ1) is 14.0. The summed E-state index contributed by atoms with van der Waals surface area (Å²) < 4.78 is 27.4. The molecule has 0 N–H and O–H groups in total.